The maximum atomic E-state index is 11.1. The summed E-state index contributed by atoms with van der Waals surface area (Å²) in [5.74, 6) is -2.61. The molecule has 7 heteroatoms. The first-order chi connectivity index (χ1) is 7.56. The Morgan fingerprint density at radius 3 is 2.38 bits per heavy atom. The number of carboxylic acids is 1. The van der Waals surface area contributed by atoms with Crippen molar-refractivity contribution < 1.29 is 33.7 Å². The highest BCUT2D eigenvalue weighted by atomic mass is 16.7. The summed E-state index contributed by atoms with van der Waals surface area (Å²) in [6.07, 6.45) is -1.19. The lowest BCUT2D eigenvalue weighted by Crippen LogP contribution is -2.20. The number of ether oxygens (including phenoxy) is 3. The van der Waals surface area contributed by atoms with Crippen molar-refractivity contribution in [2.75, 3.05) is 13.2 Å². The number of esters is 2. The molecule has 1 fully saturated rings. The van der Waals surface area contributed by atoms with Crippen molar-refractivity contribution in [3.63, 3.8) is 0 Å². The lowest BCUT2D eigenvalue weighted by molar-refractivity contribution is -0.150. The molecule has 0 radical (unpaired) electrons. The molecule has 1 N–H and O–H groups in total. The van der Waals surface area contributed by atoms with Crippen molar-refractivity contribution in [3.05, 3.63) is 12.7 Å². The van der Waals surface area contributed by atoms with Gasteiger partial charge in [-0.15, -0.1) is 0 Å². The molecule has 16 heavy (non-hydrogen) atoms. The van der Waals surface area contributed by atoms with Crippen molar-refractivity contribution in [1.82, 2.24) is 0 Å². The molecule has 0 spiro atoms. The molecule has 1 rings (SSSR count). The third kappa shape index (κ3) is 3.35. The first-order valence-electron chi connectivity index (χ1n) is 4.40. The fourth-order valence-electron chi connectivity index (χ4n) is 0.905. The average molecular weight is 230 g/mol. The zero-order chi connectivity index (χ0) is 12.1. The molecular weight excluding hydrogens is 220 g/mol. The Bertz CT molecular complexity index is 322. The molecule has 0 bridgehead atoms. The van der Waals surface area contributed by atoms with Gasteiger partial charge in [-0.25, -0.2) is 14.4 Å². The van der Waals surface area contributed by atoms with E-state index >= 15 is 0 Å². The predicted molar refractivity (Wildman–Crippen MR) is 48.4 cm³/mol. The fourth-order valence-corrected chi connectivity index (χ4v) is 0.905. The Morgan fingerprint density at radius 1 is 1.25 bits per heavy atom. The van der Waals surface area contributed by atoms with Crippen molar-refractivity contribution >= 4 is 17.9 Å². The van der Waals surface area contributed by atoms with Crippen molar-refractivity contribution in [2.24, 2.45) is 0 Å². The topological polar surface area (TPSA) is 102 Å². The number of carbonyl (C=O) groups excluding carboxylic acids is 2. The zero-order valence-corrected chi connectivity index (χ0v) is 8.25. The number of carboxylic acid groups (broad SMARTS) is 1. The molecule has 2 unspecified atom stereocenters. The lowest BCUT2D eigenvalue weighted by Gasteiger charge is -2.02. The molecule has 0 saturated carbocycles. The molecular formula is C9H10O7. The molecule has 88 valence electrons. The first-order valence-corrected chi connectivity index (χ1v) is 4.40. The third-order valence-electron chi connectivity index (χ3n) is 1.71. The molecule has 2 atom stereocenters. The van der Waals surface area contributed by atoms with E-state index in [4.69, 9.17) is 5.11 Å². The van der Waals surface area contributed by atoms with Crippen LogP contribution >= 0.6 is 0 Å². The van der Waals surface area contributed by atoms with Gasteiger partial charge in [-0.3, -0.25) is 0 Å². The average Bonchev–Trinajstić information content (AvgIpc) is 3.03. The van der Waals surface area contributed by atoms with Gasteiger partial charge in [0.15, 0.2) is 12.2 Å². The van der Waals surface area contributed by atoms with Gasteiger partial charge in [0.05, 0.1) is 0 Å². The van der Waals surface area contributed by atoms with Crippen LogP contribution in [-0.2, 0) is 28.6 Å². The van der Waals surface area contributed by atoms with Crippen molar-refractivity contribution in [2.45, 2.75) is 12.2 Å². The number of hydrogen-bond acceptors (Lipinski definition) is 6. The predicted octanol–water partition coefficient (Wildman–Crippen LogP) is -0.889. The van der Waals surface area contributed by atoms with E-state index in [1.165, 1.54) is 0 Å². The van der Waals surface area contributed by atoms with Crippen LogP contribution in [0.25, 0.3) is 0 Å². The molecule has 0 aromatic heterocycles. The zero-order valence-electron chi connectivity index (χ0n) is 8.25. The second kappa shape index (κ2) is 5.26. The fraction of sp³-hybridized carbons (Fsp3) is 0.444. The van der Waals surface area contributed by atoms with Gasteiger partial charge in [-0.1, -0.05) is 6.58 Å². The van der Waals surface area contributed by atoms with E-state index in [0.717, 1.165) is 6.08 Å². The van der Waals surface area contributed by atoms with Gasteiger partial charge in [-0.2, -0.15) is 0 Å². The van der Waals surface area contributed by atoms with E-state index in [0.29, 0.717) is 0 Å². The Hall–Kier alpha value is -1.89. The second-order valence-corrected chi connectivity index (χ2v) is 2.85. The molecule has 1 heterocycles. The Kier molecular flexibility index (Phi) is 4.01. The summed E-state index contributed by atoms with van der Waals surface area (Å²) in [6.45, 7) is 2.92. The van der Waals surface area contributed by atoms with Crippen LogP contribution in [0, 0.1) is 0 Å². The molecule has 0 aromatic carbocycles. The number of epoxide rings is 1. The minimum absolute atomic E-state index is 0.110. The first kappa shape index (κ1) is 12.2. The Balaban J connectivity index is 2.10. The van der Waals surface area contributed by atoms with Gasteiger partial charge in [0.1, 0.15) is 13.2 Å². The normalized spacial score (nSPS) is 22.0. The Labute approximate surface area is 90.6 Å². The van der Waals surface area contributed by atoms with Crippen LogP contribution in [0.2, 0.25) is 0 Å². The van der Waals surface area contributed by atoms with Crippen LogP contribution < -0.4 is 0 Å². The molecule has 0 amide bonds. The minimum Gasteiger partial charge on any atom is -0.479 e. The maximum absolute atomic E-state index is 11.1. The van der Waals surface area contributed by atoms with E-state index in [9.17, 15) is 14.4 Å². The molecule has 1 aliphatic heterocycles. The van der Waals surface area contributed by atoms with Gasteiger partial charge < -0.3 is 19.3 Å². The summed E-state index contributed by atoms with van der Waals surface area (Å²) in [6, 6.07) is 0. The highest BCUT2D eigenvalue weighted by molar-refractivity contribution is 5.89. The summed E-state index contributed by atoms with van der Waals surface area (Å²) in [5, 5.41) is 8.44. The molecule has 0 aliphatic carbocycles. The van der Waals surface area contributed by atoms with Crippen molar-refractivity contribution in [1.29, 1.82) is 0 Å². The summed E-state index contributed by atoms with van der Waals surface area (Å²) >= 11 is 0. The van der Waals surface area contributed by atoms with Gasteiger partial charge in [0.2, 0.25) is 0 Å². The molecule has 0 aromatic rings. The van der Waals surface area contributed by atoms with Gasteiger partial charge in [-0.05, 0) is 0 Å². The van der Waals surface area contributed by atoms with Crippen LogP contribution in [-0.4, -0.2) is 48.4 Å². The SMILES string of the molecule is C=CC(=O)OCCOC(=O)C1OC1C(=O)O. The standard InChI is InChI=1S/C9H10O7/c1-2-5(10)14-3-4-15-9(13)7-6(16-7)8(11)12/h2,6-7H,1,3-4H2,(H,11,12). The molecule has 1 aliphatic rings. The highest BCUT2D eigenvalue weighted by Gasteiger charge is 2.51. The van der Waals surface area contributed by atoms with Crippen LogP contribution in [0.15, 0.2) is 12.7 Å². The van der Waals surface area contributed by atoms with E-state index in [2.05, 4.69) is 20.8 Å². The minimum atomic E-state index is -1.21. The Morgan fingerprint density at radius 2 is 1.88 bits per heavy atom. The molecule has 1 saturated heterocycles. The van der Waals surface area contributed by atoms with Crippen LogP contribution in [0.5, 0.6) is 0 Å². The lowest BCUT2D eigenvalue weighted by atomic mass is 10.3. The van der Waals surface area contributed by atoms with Crippen molar-refractivity contribution in [3.8, 4) is 0 Å². The van der Waals surface area contributed by atoms with Crippen LogP contribution in [0.1, 0.15) is 0 Å². The van der Waals surface area contributed by atoms with Crippen LogP contribution in [0.4, 0.5) is 0 Å². The second-order valence-electron chi connectivity index (χ2n) is 2.85. The quantitative estimate of drug-likeness (QED) is 0.273. The number of hydrogen-bond donors (Lipinski definition) is 1. The van der Waals surface area contributed by atoms with E-state index in [-0.39, 0.29) is 13.2 Å². The van der Waals surface area contributed by atoms with E-state index < -0.39 is 30.1 Å². The van der Waals surface area contributed by atoms with Gasteiger partial charge >= 0.3 is 17.9 Å². The summed E-state index contributed by atoms with van der Waals surface area (Å²) in [5.41, 5.74) is 0. The van der Waals surface area contributed by atoms with Gasteiger partial charge in [0.25, 0.3) is 0 Å². The third-order valence-corrected chi connectivity index (χ3v) is 1.71. The number of carbonyl (C=O) groups is 3. The largest absolute Gasteiger partial charge is 0.479 e. The monoisotopic (exact) mass is 230 g/mol. The molecule has 7 nitrogen and oxygen atoms in total. The van der Waals surface area contributed by atoms with E-state index in [1.807, 2.05) is 0 Å². The van der Waals surface area contributed by atoms with Crippen LogP contribution in [0.3, 0.4) is 0 Å². The number of rotatable bonds is 6. The summed E-state index contributed by atoms with van der Waals surface area (Å²) in [7, 11) is 0. The maximum Gasteiger partial charge on any atom is 0.338 e. The summed E-state index contributed by atoms with van der Waals surface area (Å²) in [4.78, 5) is 31.9. The number of aliphatic carboxylic acids is 1. The van der Waals surface area contributed by atoms with Gasteiger partial charge in [0, 0.05) is 6.08 Å². The smallest absolute Gasteiger partial charge is 0.338 e. The summed E-state index contributed by atoms with van der Waals surface area (Å²) < 4.78 is 13.7. The highest BCUT2D eigenvalue weighted by Crippen LogP contribution is 2.23. The van der Waals surface area contributed by atoms with E-state index in [1.54, 1.807) is 0 Å².